The Hall–Kier alpha value is -2.04. The average Bonchev–Trinajstić information content (AvgIpc) is 2.41. The monoisotopic (exact) mass is 321 g/mol. The minimum atomic E-state index is -0.487. The maximum absolute atomic E-state index is 11.0. The molecule has 0 spiro atoms. The second-order valence-electron chi connectivity index (χ2n) is 7.55. The third-order valence-electron chi connectivity index (χ3n) is 3.43. The van der Waals surface area contributed by atoms with E-state index in [-0.39, 0.29) is 17.4 Å². The number of aromatic hydroxyl groups is 1. The summed E-state index contributed by atoms with van der Waals surface area (Å²) in [5.41, 5.74) is 2.09. The lowest BCUT2D eigenvalue weighted by Gasteiger charge is -2.27. The minimum Gasteiger partial charge on any atom is -0.507 e. The fourth-order valence-corrected chi connectivity index (χ4v) is 2.12. The van der Waals surface area contributed by atoms with Crippen molar-refractivity contribution in [1.82, 2.24) is 0 Å². The molecule has 0 unspecified atom stereocenters. The maximum Gasteiger partial charge on any atom is 0.346 e. The molecule has 1 aromatic rings. The quantitative estimate of drug-likeness (QED) is 0.523. The van der Waals surface area contributed by atoms with E-state index in [9.17, 15) is 9.90 Å². The number of ether oxygens (including phenoxy) is 1. The van der Waals surface area contributed by atoms with Gasteiger partial charge in [-0.2, -0.15) is 0 Å². The molecule has 0 radical (unpaired) electrons. The van der Waals surface area contributed by atoms with Crippen LogP contribution in [0.5, 0.6) is 5.75 Å². The molecule has 128 valence electrons. The number of benzene rings is 1. The molecule has 1 N–H and O–H groups in total. The molecule has 0 aliphatic heterocycles. The van der Waals surface area contributed by atoms with Gasteiger partial charge in [0.1, 0.15) is 5.75 Å². The van der Waals surface area contributed by atoms with E-state index in [2.05, 4.69) is 9.89 Å². The van der Waals surface area contributed by atoms with Crippen LogP contribution in [0.4, 0.5) is 0 Å². The number of hydrogen-bond donors (Lipinski definition) is 1. The van der Waals surface area contributed by atoms with Crippen molar-refractivity contribution in [1.29, 1.82) is 0 Å². The number of rotatable bonds is 4. The molecule has 0 aliphatic carbocycles. The zero-order chi connectivity index (χ0) is 17.8. The molecular formula is C18H27NO4. The number of hydrogen-bond acceptors (Lipinski definition) is 5. The molecule has 0 fully saturated rings. The summed E-state index contributed by atoms with van der Waals surface area (Å²) < 4.78 is 4.47. The first-order valence-corrected chi connectivity index (χ1v) is 7.57. The van der Waals surface area contributed by atoms with Crippen molar-refractivity contribution in [2.45, 2.75) is 52.4 Å². The van der Waals surface area contributed by atoms with Crippen LogP contribution in [0.15, 0.2) is 17.3 Å². The van der Waals surface area contributed by atoms with Crippen LogP contribution in [-0.2, 0) is 25.2 Å². The van der Waals surface area contributed by atoms with E-state index in [1.807, 2.05) is 53.7 Å². The SMILES string of the molecule is COC(=O)CO/N=C/c1cc(C(C)(C)C)c(O)c(C(C)(C)C)c1. The number of methoxy groups -OCH3 is 1. The number of carbonyl (C=O) groups is 1. The van der Waals surface area contributed by atoms with E-state index >= 15 is 0 Å². The summed E-state index contributed by atoms with van der Waals surface area (Å²) in [6.07, 6.45) is 1.53. The summed E-state index contributed by atoms with van der Waals surface area (Å²) in [4.78, 5) is 15.9. The van der Waals surface area contributed by atoms with Gasteiger partial charge in [0.15, 0.2) is 0 Å². The van der Waals surface area contributed by atoms with Crippen LogP contribution in [0, 0.1) is 0 Å². The van der Waals surface area contributed by atoms with E-state index in [1.54, 1.807) is 0 Å². The summed E-state index contributed by atoms with van der Waals surface area (Å²) in [6.45, 7) is 12.0. The van der Waals surface area contributed by atoms with Gasteiger partial charge in [-0.05, 0) is 28.5 Å². The van der Waals surface area contributed by atoms with Gasteiger partial charge in [-0.1, -0.05) is 46.7 Å². The third-order valence-corrected chi connectivity index (χ3v) is 3.43. The highest BCUT2D eigenvalue weighted by molar-refractivity contribution is 5.81. The van der Waals surface area contributed by atoms with Crippen molar-refractivity contribution >= 4 is 12.2 Å². The van der Waals surface area contributed by atoms with Crippen molar-refractivity contribution in [2.75, 3.05) is 13.7 Å². The first-order valence-electron chi connectivity index (χ1n) is 7.57. The van der Waals surface area contributed by atoms with Crippen LogP contribution in [0.2, 0.25) is 0 Å². The fourth-order valence-electron chi connectivity index (χ4n) is 2.12. The zero-order valence-electron chi connectivity index (χ0n) is 15.1. The summed E-state index contributed by atoms with van der Waals surface area (Å²) in [7, 11) is 1.29. The molecule has 0 saturated heterocycles. The van der Waals surface area contributed by atoms with Gasteiger partial charge in [-0.15, -0.1) is 0 Å². The molecule has 1 rings (SSSR count). The number of carbonyl (C=O) groups excluding carboxylic acids is 1. The van der Waals surface area contributed by atoms with Gasteiger partial charge < -0.3 is 14.7 Å². The predicted octanol–water partition coefficient (Wildman–Crippen LogP) is 3.51. The summed E-state index contributed by atoms with van der Waals surface area (Å²) in [5.74, 6) is -0.170. The minimum absolute atomic E-state index is 0.208. The Morgan fingerprint density at radius 3 is 2.00 bits per heavy atom. The number of phenolic OH excluding ortho intramolecular Hbond substituents is 1. The lowest BCUT2D eigenvalue weighted by atomic mass is 9.78. The molecule has 23 heavy (non-hydrogen) atoms. The molecule has 0 aliphatic rings. The van der Waals surface area contributed by atoms with E-state index in [0.717, 1.165) is 16.7 Å². The van der Waals surface area contributed by atoms with Crippen molar-refractivity contribution in [3.05, 3.63) is 28.8 Å². The normalized spacial score (nSPS) is 12.5. The van der Waals surface area contributed by atoms with Crippen LogP contribution in [0.25, 0.3) is 0 Å². The predicted molar refractivity (Wildman–Crippen MR) is 91.1 cm³/mol. The van der Waals surface area contributed by atoms with Crippen LogP contribution in [-0.4, -0.2) is 31.0 Å². The van der Waals surface area contributed by atoms with Gasteiger partial charge in [0.25, 0.3) is 0 Å². The number of esters is 1. The molecule has 1 aromatic carbocycles. The Kier molecular flexibility index (Phi) is 5.81. The highest BCUT2D eigenvalue weighted by Crippen LogP contribution is 2.39. The van der Waals surface area contributed by atoms with Gasteiger partial charge in [-0.3, -0.25) is 0 Å². The lowest BCUT2D eigenvalue weighted by Crippen LogP contribution is -2.18. The average molecular weight is 321 g/mol. The van der Waals surface area contributed by atoms with Gasteiger partial charge in [-0.25, -0.2) is 4.79 Å². The maximum atomic E-state index is 11.0. The summed E-state index contributed by atoms with van der Waals surface area (Å²) in [6, 6.07) is 3.77. The molecule has 0 amide bonds. The summed E-state index contributed by atoms with van der Waals surface area (Å²) >= 11 is 0. The highest BCUT2D eigenvalue weighted by Gasteiger charge is 2.26. The molecule has 0 saturated carbocycles. The fraction of sp³-hybridized carbons (Fsp3) is 0.556. The van der Waals surface area contributed by atoms with Crippen LogP contribution >= 0.6 is 0 Å². The Morgan fingerprint density at radius 1 is 1.13 bits per heavy atom. The Labute approximate surface area is 138 Å². The molecule has 0 atom stereocenters. The van der Waals surface area contributed by atoms with Gasteiger partial charge in [0, 0.05) is 11.1 Å². The highest BCUT2D eigenvalue weighted by atomic mass is 16.6. The number of phenols is 1. The Morgan fingerprint density at radius 2 is 1.61 bits per heavy atom. The van der Waals surface area contributed by atoms with Gasteiger partial charge in [0.2, 0.25) is 6.61 Å². The molecular weight excluding hydrogens is 294 g/mol. The third kappa shape index (κ3) is 5.27. The summed E-state index contributed by atoms with van der Waals surface area (Å²) in [5, 5.41) is 14.4. The van der Waals surface area contributed by atoms with Crippen molar-refractivity contribution in [3.63, 3.8) is 0 Å². The van der Waals surface area contributed by atoms with E-state index in [0.29, 0.717) is 5.75 Å². The van der Waals surface area contributed by atoms with E-state index in [1.165, 1.54) is 13.3 Å². The van der Waals surface area contributed by atoms with E-state index < -0.39 is 5.97 Å². The van der Waals surface area contributed by atoms with Gasteiger partial charge >= 0.3 is 5.97 Å². The standard InChI is InChI=1S/C18H27NO4/c1-17(2,3)13-8-12(10-19-23-11-15(20)22-7)9-14(16(13)21)18(4,5)6/h8-10,21H,11H2,1-7H3/b19-10+. The molecule has 0 bridgehead atoms. The van der Waals surface area contributed by atoms with Crippen LogP contribution in [0.1, 0.15) is 58.2 Å². The second kappa shape index (κ2) is 7.02. The Balaban J connectivity index is 3.18. The van der Waals surface area contributed by atoms with Gasteiger partial charge in [0.05, 0.1) is 13.3 Å². The molecule has 0 aromatic heterocycles. The van der Waals surface area contributed by atoms with E-state index in [4.69, 9.17) is 4.84 Å². The zero-order valence-corrected chi connectivity index (χ0v) is 15.1. The van der Waals surface area contributed by atoms with Crippen LogP contribution in [0.3, 0.4) is 0 Å². The Bertz CT molecular complexity index is 557. The van der Waals surface area contributed by atoms with Crippen molar-refractivity contribution in [3.8, 4) is 5.75 Å². The first-order chi connectivity index (χ1) is 10.5. The van der Waals surface area contributed by atoms with Crippen molar-refractivity contribution in [2.24, 2.45) is 5.16 Å². The lowest BCUT2D eigenvalue weighted by molar-refractivity contribution is -0.145. The smallest absolute Gasteiger partial charge is 0.346 e. The molecule has 5 heteroatoms. The molecule has 0 heterocycles. The van der Waals surface area contributed by atoms with Crippen molar-refractivity contribution < 1.29 is 19.5 Å². The number of oxime groups is 1. The topological polar surface area (TPSA) is 68.1 Å². The first kappa shape index (κ1) is 19.0. The largest absolute Gasteiger partial charge is 0.507 e. The molecule has 5 nitrogen and oxygen atoms in total. The second-order valence-corrected chi connectivity index (χ2v) is 7.55. The van der Waals surface area contributed by atoms with Crippen LogP contribution < -0.4 is 0 Å². The number of nitrogens with zero attached hydrogens (tertiary/aromatic N) is 1.